The topological polar surface area (TPSA) is 86.6 Å². The molecule has 0 fully saturated rings. The highest BCUT2D eigenvalue weighted by molar-refractivity contribution is 6.08. The number of ketones is 1. The van der Waals surface area contributed by atoms with Crippen molar-refractivity contribution < 1.29 is 19.9 Å². The number of carboxylic acids is 1. The zero-order valence-electron chi connectivity index (χ0n) is 7.23. The maximum atomic E-state index is 11.3. The van der Waals surface area contributed by atoms with E-state index in [1.165, 1.54) is 12.1 Å². The van der Waals surface area contributed by atoms with Crippen molar-refractivity contribution in [3.8, 4) is 0 Å². The van der Waals surface area contributed by atoms with Crippen LogP contribution < -0.4 is 5.48 Å². The molecular weight excluding hydrogens is 186 g/mol. The van der Waals surface area contributed by atoms with E-state index in [1.807, 2.05) is 5.48 Å². The van der Waals surface area contributed by atoms with E-state index in [1.54, 1.807) is 12.1 Å². The number of rotatable bonds is 4. The van der Waals surface area contributed by atoms with E-state index in [0.29, 0.717) is 0 Å². The Morgan fingerprint density at radius 2 is 1.93 bits per heavy atom. The molecular formula is C9H9NO4. The second kappa shape index (κ2) is 4.38. The minimum Gasteiger partial charge on any atom is -0.481 e. The Morgan fingerprint density at radius 3 is 2.50 bits per heavy atom. The third-order valence-corrected chi connectivity index (χ3v) is 1.66. The van der Waals surface area contributed by atoms with Crippen LogP contribution in [0.25, 0.3) is 0 Å². The van der Waals surface area contributed by atoms with Crippen LogP contribution in [-0.4, -0.2) is 22.1 Å². The zero-order valence-corrected chi connectivity index (χ0v) is 7.23. The summed E-state index contributed by atoms with van der Waals surface area (Å²) >= 11 is 0. The van der Waals surface area contributed by atoms with Gasteiger partial charge in [0.2, 0.25) is 0 Å². The van der Waals surface area contributed by atoms with Gasteiger partial charge >= 0.3 is 5.97 Å². The summed E-state index contributed by atoms with van der Waals surface area (Å²) in [7, 11) is 0. The molecule has 0 aliphatic carbocycles. The Morgan fingerprint density at radius 1 is 1.29 bits per heavy atom. The summed E-state index contributed by atoms with van der Waals surface area (Å²) in [5, 5.41) is 17.1. The molecule has 0 aromatic heterocycles. The molecule has 0 amide bonds. The predicted molar refractivity (Wildman–Crippen MR) is 48.4 cm³/mol. The molecule has 1 aromatic rings. The quantitative estimate of drug-likeness (QED) is 0.381. The van der Waals surface area contributed by atoms with Crippen molar-refractivity contribution in [1.29, 1.82) is 0 Å². The molecule has 0 bridgehead atoms. The first kappa shape index (κ1) is 10.2. The number of anilines is 1. The van der Waals surface area contributed by atoms with Gasteiger partial charge in [-0.25, -0.2) is 0 Å². The van der Waals surface area contributed by atoms with Gasteiger partial charge in [0.05, 0.1) is 5.69 Å². The summed E-state index contributed by atoms with van der Waals surface area (Å²) in [6.07, 6.45) is -0.585. The molecule has 74 valence electrons. The van der Waals surface area contributed by atoms with Crippen molar-refractivity contribution in [2.75, 3.05) is 5.48 Å². The van der Waals surface area contributed by atoms with Crippen LogP contribution in [0.4, 0.5) is 5.69 Å². The number of nitrogens with one attached hydrogen (secondary N) is 1. The van der Waals surface area contributed by atoms with E-state index in [-0.39, 0.29) is 11.3 Å². The van der Waals surface area contributed by atoms with E-state index in [9.17, 15) is 9.59 Å². The zero-order chi connectivity index (χ0) is 10.6. The summed E-state index contributed by atoms with van der Waals surface area (Å²) in [6, 6.07) is 6.14. The lowest BCUT2D eigenvalue weighted by molar-refractivity contribution is -0.135. The normalized spacial score (nSPS) is 9.50. The highest BCUT2D eigenvalue weighted by atomic mass is 16.5. The van der Waals surface area contributed by atoms with Crippen molar-refractivity contribution in [3.63, 3.8) is 0 Å². The standard InChI is InChI=1S/C9H9NO4/c11-8(5-9(12)13)6-3-1-2-4-7(6)10-14/h1-4,10,14H,5H2,(H,12,13). The molecule has 0 atom stereocenters. The summed E-state index contributed by atoms with van der Waals surface area (Å²) in [6.45, 7) is 0. The first-order chi connectivity index (χ1) is 6.65. The van der Waals surface area contributed by atoms with Crippen molar-refractivity contribution in [3.05, 3.63) is 29.8 Å². The fourth-order valence-electron chi connectivity index (χ4n) is 1.06. The fraction of sp³-hybridized carbons (Fsp3) is 0.111. The van der Waals surface area contributed by atoms with Crippen LogP contribution in [0.5, 0.6) is 0 Å². The Balaban J connectivity index is 2.94. The third kappa shape index (κ3) is 2.30. The number of carbonyl (C=O) groups excluding carboxylic acids is 1. The van der Waals surface area contributed by atoms with Gasteiger partial charge in [-0.15, -0.1) is 0 Å². The Hall–Kier alpha value is -1.88. The molecule has 0 unspecified atom stereocenters. The first-order valence-corrected chi connectivity index (χ1v) is 3.89. The number of hydrogen-bond donors (Lipinski definition) is 3. The maximum absolute atomic E-state index is 11.3. The Kier molecular flexibility index (Phi) is 3.19. The number of hydrogen-bond acceptors (Lipinski definition) is 4. The largest absolute Gasteiger partial charge is 0.481 e. The average Bonchev–Trinajstić information content (AvgIpc) is 2.16. The van der Waals surface area contributed by atoms with Crippen LogP contribution in [0.2, 0.25) is 0 Å². The van der Waals surface area contributed by atoms with Gasteiger partial charge in [-0.05, 0) is 12.1 Å². The monoisotopic (exact) mass is 195 g/mol. The highest BCUT2D eigenvalue weighted by Crippen LogP contribution is 2.15. The molecule has 14 heavy (non-hydrogen) atoms. The molecule has 0 aliphatic heterocycles. The molecule has 0 aliphatic rings. The van der Waals surface area contributed by atoms with Crippen LogP contribution in [0.3, 0.4) is 0 Å². The second-order valence-corrected chi connectivity index (χ2v) is 2.65. The maximum Gasteiger partial charge on any atom is 0.311 e. The average molecular weight is 195 g/mol. The summed E-state index contributed by atoms with van der Waals surface area (Å²) in [4.78, 5) is 21.6. The van der Waals surface area contributed by atoms with Crippen molar-refractivity contribution in [2.24, 2.45) is 0 Å². The summed E-state index contributed by atoms with van der Waals surface area (Å²) < 4.78 is 0. The molecule has 1 aromatic carbocycles. The smallest absolute Gasteiger partial charge is 0.311 e. The molecule has 0 radical (unpaired) electrons. The second-order valence-electron chi connectivity index (χ2n) is 2.65. The molecule has 0 saturated carbocycles. The molecule has 0 spiro atoms. The number of carbonyl (C=O) groups is 2. The fourth-order valence-corrected chi connectivity index (χ4v) is 1.06. The van der Waals surface area contributed by atoms with E-state index in [0.717, 1.165) is 0 Å². The molecule has 3 N–H and O–H groups in total. The van der Waals surface area contributed by atoms with Crippen LogP contribution in [-0.2, 0) is 4.79 Å². The first-order valence-electron chi connectivity index (χ1n) is 3.89. The number of carboxylic acid groups (broad SMARTS) is 1. The van der Waals surface area contributed by atoms with Gasteiger partial charge in [-0.1, -0.05) is 12.1 Å². The van der Waals surface area contributed by atoms with Crippen LogP contribution in [0.1, 0.15) is 16.8 Å². The Labute approximate surface area is 79.9 Å². The lowest BCUT2D eigenvalue weighted by atomic mass is 10.1. The molecule has 0 saturated heterocycles. The number of Topliss-reactive ketones (excluding diaryl/α,β-unsaturated/α-hetero) is 1. The van der Waals surface area contributed by atoms with Gasteiger partial charge in [0.15, 0.2) is 5.78 Å². The van der Waals surface area contributed by atoms with Crippen molar-refractivity contribution in [1.82, 2.24) is 0 Å². The van der Waals surface area contributed by atoms with Crippen LogP contribution in [0.15, 0.2) is 24.3 Å². The lowest BCUT2D eigenvalue weighted by Gasteiger charge is -2.04. The van der Waals surface area contributed by atoms with Crippen LogP contribution in [0, 0.1) is 0 Å². The van der Waals surface area contributed by atoms with Gasteiger partial charge < -0.3 is 5.11 Å². The van der Waals surface area contributed by atoms with Gasteiger partial charge in [-0.3, -0.25) is 20.3 Å². The SMILES string of the molecule is O=C(O)CC(=O)c1ccccc1NO. The van der Waals surface area contributed by atoms with E-state index < -0.39 is 18.2 Å². The third-order valence-electron chi connectivity index (χ3n) is 1.66. The molecule has 5 heteroatoms. The van der Waals surface area contributed by atoms with Gasteiger partial charge in [0.1, 0.15) is 6.42 Å². The van der Waals surface area contributed by atoms with E-state index in [4.69, 9.17) is 10.3 Å². The van der Waals surface area contributed by atoms with E-state index >= 15 is 0 Å². The number of para-hydroxylation sites is 1. The predicted octanol–water partition coefficient (Wildman–Crippen LogP) is 1.15. The molecule has 0 heterocycles. The summed E-state index contributed by atoms with van der Waals surface area (Å²) in [5.74, 6) is -1.74. The minimum atomic E-state index is -1.19. The van der Waals surface area contributed by atoms with Crippen molar-refractivity contribution >= 4 is 17.4 Å². The number of aliphatic carboxylic acids is 1. The summed E-state index contributed by atoms with van der Waals surface area (Å²) in [5.41, 5.74) is 2.21. The van der Waals surface area contributed by atoms with Gasteiger partial charge in [0.25, 0.3) is 0 Å². The van der Waals surface area contributed by atoms with E-state index in [2.05, 4.69) is 0 Å². The molecule has 1 rings (SSSR count). The highest BCUT2D eigenvalue weighted by Gasteiger charge is 2.13. The van der Waals surface area contributed by atoms with Gasteiger partial charge in [-0.2, -0.15) is 0 Å². The van der Waals surface area contributed by atoms with Crippen LogP contribution >= 0.6 is 0 Å². The molecule has 5 nitrogen and oxygen atoms in total. The van der Waals surface area contributed by atoms with Gasteiger partial charge in [0, 0.05) is 5.56 Å². The minimum absolute atomic E-state index is 0.164. The Bertz CT molecular complexity index is 362. The van der Waals surface area contributed by atoms with Crippen molar-refractivity contribution in [2.45, 2.75) is 6.42 Å². The number of benzene rings is 1. The lowest BCUT2D eigenvalue weighted by Crippen LogP contribution is -2.09.